The predicted molar refractivity (Wildman–Crippen MR) is 90.1 cm³/mol. The van der Waals surface area contributed by atoms with Gasteiger partial charge in [-0.2, -0.15) is 5.10 Å². The van der Waals surface area contributed by atoms with Gasteiger partial charge in [-0.3, -0.25) is 9.89 Å². The number of likely N-dealkylation sites (tertiary alicyclic amines) is 1. The first-order chi connectivity index (χ1) is 11.0. The molecule has 1 saturated heterocycles. The monoisotopic (exact) mass is 318 g/mol. The van der Waals surface area contributed by atoms with Crippen LogP contribution in [0.3, 0.4) is 0 Å². The molecule has 2 aliphatic rings. The predicted octanol–water partition coefficient (Wildman–Crippen LogP) is 3.29. The molecule has 1 aromatic rings. The van der Waals surface area contributed by atoms with Gasteiger partial charge in [-0.1, -0.05) is 33.6 Å². The zero-order chi connectivity index (χ0) is 16.4. The van der Waals surface area contributed by atoms with Crippen molar-refractivity contribution in [1.29, 1.82) is 0 Å². The molecule has 3 rings (SSSR count). The molecule has 1 aliphatic carbocycles. The Balaban J connectivity index is 1.76. The average molecular weight is 318 g/mol. The fourth-order valence-electron chi connectivity index (χ4n) is 4.29. The molecule has 5 nitrogen and oxygen atoms in total. The molecular formula is C18H30N4O. The number of aryl methyl sites for hydroxylation is 1. The third-order valence-corrected chi connectivity index (χ3v) is 5.73. The van der Waals surface area contributed by atoms with Crippen molar-refractivity contribution in [2.45, 2.75) is 71.6 Å². The minimum Gasteiger partial charge on any atom is -0.341 e. The maximum atomic E-state index is 12.6. The molecule has 2 fully saturated rings. The second-order valence-electron chi connectivity index (χ2n) is 7.82. The topological polar surface area (TPSA) is 61.9 Å². The average Bonchev–Trinajstić information content (AvgIpc) is 3.25. The van der Waals surface area contributed by atoms with E-state index in [-0.39, 0.29) is 5.41 Å². The number of H-pyrrole nitrogens is 1. The highest BCUT2D eigenvalue weighted by Crippen LogP contribution is 2.52. The van der Waals surface area contributed by atoms with Gasteiger partial charge in [0.2, 0.25) is 5.91 Å². The highest BCUT2D eigenvalue weighted by atomic mass is 16.2. The van der Waals surface area contributed by atoms with E-state index in [9.17, 15) is 4.79 Å². The van der Waals surface area contributed by atoms with Crippen LogP contribution < -0.4 is 0 Å². The van der Waals surface area contributed by atoms with Gasteiger partial charge in [0.05, 0.1) is 0 Å². The molecule has 1 saturated carbocycles. The van der Waals surface area contributed by atoms with Gasteiger partial charge >= 0.3 is 0 Å². The van der Waals surface area contributed by atoms with Gasteiger partial charge in [0, 0.05) is 31.8 Å². The Hall–Kier alpha value is -1.39. The van der Waals surface area contributed by atoms with Crippen LogP contribution in [0.25, 0.3) is 0 Å². The molecule has 1 amide bonds. The molecule has 1 N–H and O–H groups in total. The highest BCUT2D eigenvalue weighted by Gasteiger charge is 2.51. The number of amides is 1. The van der Waals surface area contributed by atoms with E-state index < -0.39 is 0 Å². The summed E-state index contributed by atoms with van der Waals surface area (Å²) >= 11 is 0. The van der Waals surface area contributed by atoms with Crippen molar-refractivity contribution in [2.24, 2.45) is 11.3 Å². The van der Waals surface area contributed by atoms with Crippen LogP contribution >= 0.6 is 0 Å². The van der Waals surface area contributed by atoms with Crippen molar-refractivity contribution in [3.63, 3.8) is 0 Å². The second kappa shape index (κ2) is 6.62. The van der Waals surface area contributed by atoms with Crippen molar-refractivity contribution in [1.82, 2.24) is 20.1 Å². The first-order valence-electron chi connectivity index (χ1n) is 9.23. The molecule has 23 heavy (non-hydrogen) atoms. The lowest BCUT2D eigenvalue weighted by Gasteiger charge is -2.27. The van der Waals surface area contributed by atoms with E-state index in [0.717, 1.165) is 37.6 Å². The maximum Gasteiger partial charge on any atom is 0.222 e. The first kappa shape index (κ1) is 16.5. The Morgan fingerprint density at radius 1 is 1.39 bits per heavy atom. The summed E-state index contributed by atoms with van der Waals surface area (Å²) in [6, 6.07) is 0. The van der Waals surface area contributed by atoms with E-state index >= 15 is 0 Å². The minimum atomic E-state index is 0.223. The molecule has 2 heterocycles. The lowest BCUT2D eigenvalue weighted by atomic mass is 9.76. The summed E-state index contributed by atoms with van der Waals surface area (Å²) in [5.41, 5.74) is 0.223. The smallest absolute Gasteiger partial charge is 0.222 e. The second-order valence-corrected chi connectivity index (χ2v) is 7.82. The van der Waals surface area contributed by atoms with E-state index in [0.29, 0.717) is 24.2 Å². The Morgan fingerprint density at radius 2 is 2.13 bits per heavy atom. The highest BCUT2D eigenvalue weighted by molar-refractivity contribution is 5.76. The summed E-state index contributed by atoms with van der Waals surface area (Å²) in [4.78, 5) is 19.4. The molecule has 1 spiro atoms. The number of rotatable bonds is 5. The van der Waals surface area contributed by atoms with E-state index in [1.54, 1.807) is 0 Å². The van der Waals surface area contributed by atoms with Gasteiger partial charge in [0.1, 0.15) is 5.82 Å². The number of hydrogen-bond acceptors (Lipinski definition) is 3. The van der Waals surface area contributed by atoms with E-state index in [2.05, 4.69) is 35.9 Å². The quantitative estimate of drug-likeness (QED) is 0.906. The van der Waals surface area contributed by atoms with Gasteiger partial charge in [-0.05, 0) is 30.6 Å². The van der Waals surface area contributed by atoms with Gasteiger partial charge in [-0.15, -0.1) is 0 Å². The Morgan fingerprint density at radius 3 is 2.74 bits per heavy atom. The summed E-state index contributed by atoms with van der Waals surface area (Å²) in [6.07, 6.45) is 7.50. The number of carbonyl (C=O) groups excluding carboxylic acids is 1. The van der Waals surface area contributed by atoms with Crippen molar-refractivity contribution in [3.8, 4) is 0 Å². The van der Waals surface area contributed by atoms with Gasteiger partial charge in [0.25, 0.3) is 0 Å². The number of carbonyl (C=O) groups is 1. The number of nitrogens with zero attached hydrogens (tertiary/aromatic N) is 3. The minimum absolute atomic E-state index is 0.223. The summed E-state index contributed by atoms with van der Waals surface area (Å²) in [5, 5.41) is 7.54. The van der Waals surface area contributed by atoms with Crippen molar-refractivity contribution in [2.75, 3.05) is 13.1 Å². The van der Waals surface area contributed by atoms with Crippen LogP contribution in [0.15, 0.2) is 0 Å². The van der Waals surface area contributed by atoms with E-state index in [4.69, 9.17) is 4.98 Å². The molecule has 1 unspecified atom stereocenters. The van der Waals surface area contributed by atoms with Gasteiger partial charge in [0.15, 0.2) is 5.82 Å². The first-order valence-corrected chi connectivity index (χ1v) is 9.23. The summed E-state index contributed by atoms with van der Waals surface area (Å²) in [7, 11) is 0. The zero-order valence-corrected chi connectivity index (χ0v) is 14.8. The largest absolute Gasteiger partial charge is 0.341 e. The maximum absolute atomic E-state index is 12.6. The number of nitrogens with one attached hydrogen (secondary N) is 1. The van der Waals surface area contributed by atoms with Gasteiger partial charge in [-0.25, -0.2) is 4.98 Å². The normalized spacial score (nSPS) is 23.3. The third-order valence-electron chi connectivity index (χ3n) is 5.73. The van der Waals surface area contributed by atoms with Crippen LogP contribution in [0.4, 0.5) is 0 Å². The van der Waals surface area contributed by atoms with E-state index in [1.165, 1.54) is 25.7 Å². The van der Waals surface area contributed by atoms with Crippen molar-refractivity contribution >= 4 is 5.91 Å². The summed E-state index contributed by atoms with van der Waals surface area (Å²) in [6.45, 7) is 8.16. The molecule has 0 radical (unpaired) electrons. The van der Waals surface area contributed by atoms with Crippen molar-refractivity contribution in [3.05, 3.63) is 11.6 Å². The van der Waals surface area contributed by atoms with E-state index in [1.807, 2.05) is 0 Å². The Labute approximate surface area is 139 Å². The molecule has 0 bridgehead atoms. The molecule has 1 aliphatic heterocycles. The zero-order valence-electron chi connectivity index (χ0n) is 14.8. The molecule has 128 valence electrons. The molecule has 0 aromatic carbocycles. The van der Waals surface area contributed by atoms with Crippen molar-refractivity contribution < 1.29 is 4.79 Å². The SMILES string of the molecule is CCc1nc(C2CN(C(=O)CCC(C)C)CC23CCCC3)n[nH]1. The Bertz CT molecular complexity index is 545. The third kappa shape index (κ3) is 3.29. The molecular weight excluding hydrogens is 288 g/mol. The number of aromatic nitrogens is 3. The molecule has 1 atom stereocenters. The fourth-order valence-corrected chi connectivity index (χ4v) is 4.29. The fraction of sp³-hybridized carbons (Fsp3) is 0.833. The molecule has 5 heteroatoms. The van der Waals surface area contributed by atoms with Crippen LogP contribution in [-0.4, -0.2) is 39.1 Å². The van der Waals surface area contributed by atoms with Crippen LogP contribution in [0, 0.1) is 11.3 Å². The van der Waals surface area contributed by atoms with Crippen LogP contribution in [0.1, 0.15) is 76.9 Å². The van der Waals surface area contributed by atoms with Gasteiger partial charge < -0.3 is 4.90 Å². The Kier molecular flexibility index (Phi) is 4.74. The van der Waals surface area contributed by atoms with Crippen LogP contribution in [0.5, 0.6) is 0 Å². The van der Waals surface area contributed by atoms with Crippen LogP contribution in [-0.2, 0) is 11.2 Å². The van der Waals surface area contributed by atoms with Crippen LogP contribution in [0.2, 0.25) is 0 Å². The summed E-state index contributed by atoms with van der Waals surface area (Å²) < 4.78 is 0. The summed E-state index contributed by atoms with van der Waals surface area (Å²) in [5.74, 6) is 3.10. The molecule has 1 aromatic heterocycles. The number of aromatic amines is 1. The number of hydrogen-bond donors (Lipinski definition) is 1. The lowest BCUT2D eigenvalue weighted by Crippen LogP contribution is -2.31. The lowest BCUT2D eigenvalue weighted by molar-refractivity contribution is -0.130. The standard InChI is InChI=1S/C18H30N4O/c1-4-15-19-17(21-20-15)14-11-22(16(23)8-7-13(2)3)12-18(14)9-5-6-10-18/h13-14H,4-12H2,1-3H3,(H,19,20,21).